The van der Waals surface area contributed by atoms with Crippen LogP contribution in [0.4, 0.5) is 4.39 Å². The second kappa shape index (κ2) is 7.03. The monoisotopic (exact) mass is 298 g/mol. The summed E-state index contributed by atoms with van der Waals surface area (Å²) in [7, 11) is 2.16. The van der Waals surface area contributed by atoms with Gasteiger partial charge >= 0.3 is 0 Å². The van der Waals surface area contributed by atoms with Crippen molar-refractivity contribution in [1.29, 1.82) is 0 Å². The Morgan fingerprint density at radius 3 is 2.55 bits per heavy atom. The van der Waals surface area contributed by atoms with Crippen LogP contribution in [0.25, 0.3) is 11.1 Å². The third-order valence-corrected chi connectivity index (χ3v) is 4.34. The Morgan fingerprint density at radius 2 is 1.77 bits per heavy atom. The highest BCUT2D eigenvalue weighted by molar-refractivity contribution is 5.64. The zero-order valence-corrected chi connectivity index (χ0v) is 13.1. The lowest BCUT2D eigenvalue weighted by Gasteiger charge is -2.20. The van der Waals surface area contributed by atoms with Crippen LogP contribution in [-0.2, 0) is 6.54 Å². The van der Waals surface area contributed by atoms with Crippen LogP contribution in [0.5, 0.6) is 0 Å². The van der Waals surface area contributed by atoms with E-state index in [-0.39, 0.29) is 5.82 Å². The molecule has 3 rings (SSSR count). The van der Waals surface area contributed by atoms with Crippen molar-refractivity contribution >= 4 is 0 Å². The molecular weight excluding hydrogens is 275 g/mol. The lowest BCUT2D eigenvalue weighted by atomic mass is 10.0. The van der Waals surface area contributed by atoms with E-state index in [1.54, 1.807) is 6.07 Å². The van der Waals surface area contributed by atoms with Gasteiger partial charge in [0.2, 0.25) is 0 Å². The predicted octanol–water partition coefficient (Wildman–Crippen LogP) is 3.63. The number of halogens is 1. The molecule has 0 amide bonds. The Kier molecular flexibility index (Phi) is 4.86. The summed E-state index contributed by atoms with van der Waals surface area (Å²) < 4.78 is 14.4. The van der Waals surface area contributed by atoms with Gasteiger partial charge in [-0.05, 0) is 43.8 Å². The Labute approximate surface area is 132 Å². The zero-order chi connectivity index (χ0) is 15.4. The molecule has 1 saturated heterocycles. The van der Waals surface area contributed by atoms with E-state index < -0.39 is 0 Å². The Morgan fingerprint density at radius 1 is 0.955 bits per heavy atom. The van der Waals surface area contributed by atoms with Crippen LogP contribution in [0.3, 0.4) is 0 Å². The van der Waals surface area contributed by atoms with Crippen LogP contribution in [0, 0.1) is 5.82 Å². The minimum atomic E-state index is -0.129. The summed E-state index contributed by atoms with van der Waals surface area (Å²) in [6.07, 6.45) is 1.18. The van der Waals surface area contributed by atoms with Crippen molar-refractivity contribution < 1.29 is 4.39 Å². The van der Waals surface area contributed by atoms with Gasteiger partial charge in [0.1, 0.15) is 5.82 Å². The Bertz CT molecular complexity index is 612. The highest BCUT2D eigenvalue weighted by Gasteiger charge is 2.13. The molecule has 0 aliphatic carbocycles. The first-order valence-corrected chi connectivity index (χ1v) is 7.97. The molecular formula is C19H23FN2. The topological polar surface area (TPSA) is 6.48 Å². The minimum Gasteiger partial charge on any atom is -0.305 e. The van der Waals surface area contributed by atoms with Crippen LogP contribution in [0.1, 0.15) is 12.0 Å². The van der Waals surface area contributed by atoms with Crippen LogP contribution >= 0.6 is 0 Å². The molecule has 22 heavy (non-hydrogen) atoms. The summed E-state index contributed by atoms with van der Waals surface area (Å²) in [5.41, 5.74) is 2.67. The van der Waals surface area contributed by atoms with E-state index in [4.69, 9.17) is 0 Å². The van der Waals surface area contributed by atoms with Gasteiger partial charge < -0.3 is 4.90 Å². The van der Waals surface area contributed by atoms with Crippen molar-refractivity contribution in [3.63, 3.8) is 0 Å². The molecule has 1 fully saturated rings. The molecule has 1 heterocycles. The largest absolute Gasteiger partial charge is 0.305 e. The van der Waals surface area contributed by atoms with Crippen molar-refractivity contribution in [3.8, 4) is 11.1 Å². The zero-order valence-electron chi connectivity index (χ0n) is 13.1. The SMILES string of the molecule is CN1CCCN(Cc2ccc(-c3ccccc3)c(F)c2)CC1. The first-order valence-electron chi connectivity index (χ1n) is 7.97. The molecule has 2 aromatic rings. The third-order valence-electron chi connectivity index (χ3n) is 4.34. The first kappa shape index (κ1) is 15.2. The summed E-state index contributed by atoms with van der Waals surface area (Å²) in [4.78, 5) is 4.78. The molecule has 0 atom stereocenters. The number of benzene rings is 2. The van der Waals surface area contributed by atoms with E-state index in [2.05, 4.69) is 22.9 Å². The number of nitrogens with zero attached hydrogens (tertiary/aromatic N) is 2. The molecule has 0 bridgehead atoms. The second-order valence-corrected chi connectivity index (χ2v) is 6.11. The third kappa shape index (κ3) is 3.73. The molecule has 1 aliphatic heterocycles. The van der Waals surface area contributed by atoms with E-state index in [0.717, 1.165) is 43.9 Å². The van der Waals surface area contributed by atoms with Gasteiger partial charge in [0.15, 0.2) is 0 Å². The Hall–Kier alpha value is -1.71. The van der Waals surface area contributed by atoms with Crippen molar-refractivity contribution in [2.45, 2.75) is 13.0 Å². The van der Waals surface area contributed by atoms with Gasteiger partial charge in [-0.25, -0.2) is 4.39 Å². The lowest BCUT2D eigenvalue weighted by molar-refractivity contribution is 0.269. The molecule has 2 nitrogen and oxygen atoms in total. The normalized spacial score (nSPS) is 17.4. The lowest BCUT2D eigenvalue weighted by Crippen LogP contribution is -2.28. The van der Waals surface area contributed by atoms with Gasteiger partial charge in [0.25, 0.3) is 0 Å². The molecule has 0 N–H and O–H groups in total. The standard InChI is InChI=1S/C19H23FN2/c1-21-10-5-11-22(13-12-21)15-16-8-9-18(19(20)14-16)17-6-3-2-4-7-17/h2-4,6-9,14H,5,10-13,15H2,1H3. The maximum Gasteiger partial charge on any atom is 0.131 e. The number of likely N-dealkylation sites (N-methyl/N-ethyl adjacent to an activating group) is 1. The van der Waals surface area contributed by atoms with Crippen molar-refractivity contribution in [1.82, 2.24) is 9.80 Å². The van der Waals surface area contributed by atoms with Crippen LogP contribution in [0.15, 0.2) is 48.5 Å². The van der Waals surface area contributed by atoms with E-state index in [1.165, 1.54) is 6.42 Å². The number of hydrogen-bond donors (Lipinski definition) is 0. The van der Waals surface area contributed by atoms with Gasteiger partial charge in [0.05, 0.1) is 0 Å². The highest BCUT2D eigenvalue weighted by atomic mass is 19.1. The molecule has 0 aromatic heterocycles. The van der Waals surface area contributed by atoms with Crippen LogP contribution < -0.4 is 0 Å². The summed E-state index contributed by atoms with van der Waals surface area (Å²) in [5, 5.41) is 0. The second-order valence-electron chi connectivity index (χ2n) is 6.11. The van der Waals surface area contributed by atoms with Gasteiger partial charge in [-0.3, -0.25) is 4.90 Å². The summed E-state index contributed by atoms with van der Waals surface area (Å²) in [6, 6.07) is 15.4. The van der Waals surface area contributed by atoms with Crippen molar-refractivity contribution in [2.24, 2.45) is 0 Å². The summed E-state index contributed by atoms with van der Waals surface area (Å²) in [5.74, 6) is -0.129. The van der Waals surface area contributed by atoms with Crippen molar-refractivity contribution in [3.05, 3.63) is 59.9 Å². The fourth-order valence-corrected chi connectivity index (χ4v) is 3.03. The van der Waals surface area contributed by atoms with Gasteiger partial charge in [-0.1, -0.05) is 42.5 Å². The maximum absolute atomic E-state index is 14.4. The van der Waals surface area contributed by atoms with E-state index in [9.17, 15) is 4.39 Å². The molecule has 0 radical (unpaired) electrons. The molecule has 0 spiro atoms. The van der Waals surface area contributed by atoms with E-state index in [0.29, 0.717) is 5.56 Å². The molecule has 0 unspecified atom stereocenters. The molecule has 116 valence electrons. The average molecular weight is 298 g/mol. The first-order chi connectivity index (χ1) is 10.7. The fraction of sp³-hybridized carbons (Fsp3) is 0.368. The molecule has 3 heteroatoms. The van der Waals surface area contributed by atoms with E-state index in [1.807, 2.05) is 36.4 Å². The predicted molar refractivity (Wildman–Crippen MR) is 89.2 cm³/mol. The van der Waals surface area contributed by atoms with Crippen LogP contribution in [0.2, 0.25) is 0 Å². The highest BCUT2D eigenvalue weighted by Crippen LogP contribution is 2.24. The minimum absolute atomic E-state index is 0.129. The van der Waals surface area contributed by atoms with Gasteiger partial charge in [-0.2, -0.15) is 0 Å². The molecule has 0 saturated carbocycles. The molecule has 2 aromatic carbocycles. The maximum atomic E-state index is 14.4. The van der Waals surface area contributed by atoms with Crippen molar-refractivity contribution in [2.75, 3.05) is 33.2 Å². The number of hydrogen-bond acceptors (Lipinski definition) is 2. The quantitative estimate of drug-likeness (QED) is 0.854. The average Bonchev–Trinajstić information content (AvgIpc) is 2.73. The van der Waals surface area contributed by atoms with E-state index >= 15 is 0 Å². The summed E-state index contributed by atoms with van der Waals surface area (Å²) in [6.45, 7) is 5.22. The Balaban J connectivity index is 1.72. The fourth-order valence-electron chi connectivity index (χ4n) is 3.03. The van der Waals surface area contributed by atoms with Gasteiger partial charge in [0, 0.05) is 25.2 Å². The smallest absolute Gasteiger partial charge is 0.131 e. The molecule has 1 aliphatic rings. The van der Waals surface area contributed by atoms with Gasteiger partial charge in [-0.15, -0.1) is 0 Å². The summed E-state index contributed by atoms with van der Waals surface area (Å²) >= 11 is 0. The number of rotatable bonds is 3. The van der Waals surface area contributed by atoms with Crippen LogP contribution in [-0.4, -0.2) is 43.0 Å².